The first-order chi connectivity index (χ1) is 5.55. The Hall–Kier alpha value is -1.04. The number of H-pyrrole nitrogens is 1. The molecule has 0 spiro atoms. The molecule has 0 fully saturated rings. The van der Waals surface area contributed by atoms with Crippen LogP contribution in [0.2, 0.25) is 0 Å². The fraction of sp³-hybridized carbons (Fsp3) is 0.500. The molecular formula is C6H7F3N2O. The van der Waals surface area contributed by atoms with Gasteiger partial charge in [-0.1, -0.05) is 0 Å². The Morgan fingerprint density at radius 3 is 2.75 bits per heavy atom. The van der Waals surface area contributed by atoms with E-state index >= 15 is 0 Å². The molecular weight excluding hydrogens is 173 g/mol. The van der Waals surface area contributed by atoms with Gasteiger partial charge in [-0.3, -0.25) is 5.10 Å². The van der Waals surface area contributed by atoms with E-state index in [1.54, 1.807) is 0 Å². The summed E-state index contributed by atoms with van der Waals surface area (Å²) in [4.78, 5) is 0. The summed E-state index contributed by atoms with van der Waals surface area (Å²) in [6, 6.07) is 0. The molecule has 0 bridgehead atoms. The maximum Gasteiger partial charge on any atom is 0.419 e. The molecule has 6 heteroatoms. The lowest BCUT2D eigenvalue weighted by Gasteiger charge is -2.05. The maximum absolute atomic E-state index is 12.1. The van der Waals surface area contributed by atoms with E-state index < -0.39 is 11.7 Å². The number of nitrogens with zero attached hydrogens (tertiary/aromatic N) is 1. The molecule has 0 saturated heterocycles. The Morgan fingerprint density at radius 2 is 2.25 bits per heavy atom. The number of nitrogens with one attached hydrogen (secondary N) is 1. The van der Waals surface area contributed by atoms with Crippen LogP contribution in [-0.2, 0) is 17.5 Å². The number of hydrogen-bond donors (Lipinski definition) is 1. The summed E-state index contributed by atoms with van der Waals surface area (Å²) in [5, 5.41) is 5.50. The smallest absolute Gasteiger partial charge is 0.378 e. The van der Waals surface area contributed by atoms with Crippen LogP contribution >= 0.6 is 0 Å². The standard InChI is InChI=1S/C6H7F3N2O/c1-12-3-5-4(2-10-11-5)6(7,8)9/h2H,3H2,1H3,(H,10,11). The quantitative estimate of drug-likeness (QED) is 0.750. The Balaban J connectivity index is 2.91. The van der Waals surface area contributed by atoms with Crippen LogP contribution < -0.4 is 0 Å². The minimum Gasteiger partial charge on any atom is -0.378 e. The molecule has 3 nitrogen and oxygen atoms in total. The lowest BCUT2D eigenvalue weighted by molar-refractivity contribution is -0.138. The number of ether oxygens (including phenoxy) is 1. The molecule has 1 aromatic heterocycles. The second-order valence-electron chi connectivity index (χ2n) is 2.19. The molecule has 1 heterocycles. The summed E-state index contributed by atoms with van der Waals surface area (Å²) in [6.45, 7) is -0.116. The van der Waals surface area contributed by atoms with Crippen LogP contribution in [0.25, 0.3) is 0 Å². The van der Waals surface area contributed by atoms with Gasteiger partial charge in [0.15, 0.2) is 0 Å². The second-order valence-corrected chi connectivity index (χ2v) is 2.19. The van der Waals surface area contributed by atoms with Gasteiger partial charge in [0.1, 0.15) is 0 Å². The molecule has 0 aromatic carbocycles. The monoisotopic (exact) mass is 180 g/mol. The SMILES string of the molecule is COCc1[nH]ncc1C(F)(F)F. The number of aromatic amines is 1. The van der Waals surface area contributed by atoms with Crippen LogP contribution in [-0.4, -0.2) is 17.3 Å². The molecule has 0 radical (unpaired) electrons. The number of halogens is 3. The molecule has 0 unspecified atom stereocenters. The molecule has 12 heavy (non-hydrogen) atoms. The third kappa shape index (κ3) is 1.76. The zero-order chi connectivity index (χ0) is 9.19. The predicted octanol–water partition coefficient (Wildman–Crippen LogP) is 1.57. The average Bonchev–Trinajstić information content (AvgIpc) is 2.34. The lowest BCUT2D eigenvalue weighted by Crippen LogP contribution is -2.07. The highest BCUT2D eigenvalue weighted by atomic mass is 19.4. The van der Waals surface area contributed by atoms with Gasteiger partial charge in [0, 0.05) is 7.11 Å². The van der Waals surface area contributed by atoms with Gasteiger partial charge in [0.25, 0.3) is 0 Å². The number of aromatic nitrogens is 2. The van der Waals surface area contributed by atoms with Gasteiger partial charge in [-0.2, -0.15) is 18.3 Å². The van der Waals surface area contributed by atoms with Gasteiger partial charge in [0.05, 0.1) is 24.1 Å². The second kappa shape index (κ2) is 3.14. The van der Waals surface area contributed by atoms with Crippen LogP contribution in [0, 0.1) is 0 Å². The summed E-state index contributed by atoms with van der Waals surface area (Å²) < 4.78 is 40.8. The molecule has 1 aromatic rings. The first-order valence-corrected chi connectivity index (χ1v) is 3.14. The van der Waals surface area contributed by atoms with Crippen molar-refractivity contribution in [1.29, 1.82) is 0 Å². The normalized spacial score (nSPS) is 12.0. The zero-order valence-corrected chi connectivity index (χ0v) is 6.27. The molecule has 1 rings (SSSR count). The lowest BCUT2D eigenvalue weighted by atomic mass is 10.2. The third-order valence-corrected chi connectivity index (χ3v) is 1.31. The highest BCUT2D eigenvalue weighted by Crippen LogP contribution is 2.30. The van der Waals surface area contributed by atoms with Crippen molar-refractivity contribution in [2.45, 2.75) is 12.8 Å². The van der Waals surface area contributed by atoms with Crippen molar-refractivity contribution in [3.8, 4) is 0 Å². The van der Waals surface area contributed by atoms with Gasteiger partial charge in [0.2, 0.25) is 0 Å². The summed E-state index contributed by atoms with van der Waals surface area (Å²) >= 11 is 0. The largest absolute Gasteiger partial charge is 0.419 e. The van der Waals surface area contributed by atoms with Crippen molar-refractivity contribution in [2.24, 2.45) is 0 Å². The van der Waals surface area contributed by atoms with E-state index in [4.69, 9.17) is 0 Å². The number of alkyl halides is 3. The molecule has 0 amide bonds. The molecule has 0 aliphatic carbocycles. The number of rotatable bonds is 2. The Morgan fingerprint density at radius 1 is 1.58 bits per heavy atom. The molecule has 0 aliphatic heterocycles. The van der Waals surface area contributed by atoms with Gasteiger partial charge in [-0.25, -0.2) is 0 Å². The highest BCUT2D eigenvalue weighted by molar-refractivity contribution is 5.18. The van der Waals surface area contributed by atoms with E-state index in [0.29, 0.717) is 0 Å². The Labute approximate surface area is 66.5 Å². The highest BCUT2D eigenvalue weighted by Gasteiger charge is 2.34. The third-order valence-electron chi connectivity index (χ3n) is 1.31. The predicted molar refractivity (Wildman–Crippen MR) is 34.3 cm³/mol. The van der Waals surface area contributed by atoms with Crippen molar-refractivity contribution in [2.75, 3.05) is 7.11 Å². The molecule has 1 N–H and O–H groups in total. The molecule has 0 aliphatic rings. The minimum atomic E-state index is -4.36. The van der Waals surface area contributed by atoms with E-state index in [1.165, 1.54) is 7.11 Å². The number of methoxy groups -OCH3 is 1. The maximum atomic E-state index is 12.1. The summed E-state index contributed by atoms with van der Waals surface area (Å²) in [7, 11) is 1.32. The zero-order valence-electron chi connectivity index (χ0n) is 6.27. The van der Waals surface area contributed by atoms with Gasteiger partial charge >= 0.3 is 6.18 Å². The van der Waals surface area contributed by atoms with Gasteiger partial charge in [-0.15, -0.1) is 0 Å². The molecule has 0 atom stereocenters. The average molecular weight is 180 g/mol. The van der Waals surface area contributed by atoms with Gasteiger partial charge in [-0.05, 0) is 0 Å². The van der Waals surface area contributed by atoms with E-state index in [2.05, 4.69) is 14.9 Å². The van der Waals surface area contributed by atoms with Crippen molar-refractivity contribution < 1.29 is 17.9 Å². The van der Waals surface area contributed by atoms with E-state index in [-0.39, 0.29) is 12.3 Å². The fourth-order valence-corrected chi connectivity index (χ4v) is 0.812. The first kappa shape index (κ1) is 9.05. The molecule has 0 saturated carbocycles. The van der Waals surface area contributed by atoms with Crippen molar-refractivity contribution in [1.82, 2.24) is 10.2 Å². The van der Waals surface area contributed by atoms with E-state index in [9.17, 15) is 13.2 Å². The van der Waals surface area contributed by atoms with E-state index in [0.717, 1.165) is 6.20 Å². The first-order valence-electron chi connectivity index (χ1n) is 3.14. The van der Waals surface area contributed by atoms with Crippen LogP contribution in [0.3, 0.4) is 0 Å². The van der Waals surface area contributed by atoms with Gasteiger partial charge < -0.3 is 4.74 Å². The van der Waals surface area contributed by atoms with E-state index in [1.807, 2.05) is 0 Å². The minimum absolute atomic E-state index is 0.0509. The topological polar surface area (TPSA) is 37.9 Å². The van der Waals surface area contributed by atoms with Crippen molar-refractivity contribution in [3.05, 3.63) is 17.5 Å². The van der Waals surface area contributed by atoms with Crippen LogP contribution in [0.15, 0.2) is 6.20 Å². The summed E-state index contributed by atoms with van der Waals surface area (Å²) in [5.41, 5.74) is -0.825. The van der Waals surface area contributed by atoms with Crippen LogP contribution in [0.4, 0.5) is 13.2 Å². The summed E-state index contributed by atoms with van der Waals surface area (Å²) in [6.07, 6.45) is -3.62. The van der Waals surface area contributed by atoms with Crippen molar-refractivity contribution >= 4 is 0 Å². The van der Waals surface area contributed by atoms with Crippen LogP contribution in [0.1, 0.15) is 11.3 Å². The fourth-order valence-electron chi connectivity index (χ4n) is 0.812. The van der Waals surface area contributed by atoms with Crippen molar-refractivity contribution in [3.63, 3.8) is 0 Å². The van der Waals surface area contributed by atoms with Crippen LogP contribution in [0.5, 0.6) is 0 Å². The number of hydrogen-bond acceptors (Lipinski definition) is 2. The Kier molecular flexibility index (Phi) is 2.37. The summed E-state index contributed by atoms with van der Waals surface area (Å²) in [5.74, 6) is 0. The Bertz CT molecular complexity index is 256. The molecule has 68 valence electrons.